The van der Waals surface area contributed by atoms with Gasteiger partial charge >= 0.3 is 0 Å². The third-order valence-corrected chi connectivity index (χ3v) is 3.17. The van der Waals surface area contributed by atoms with E-state index in [2.05, 4.69) is 20.6 Å². The molecule has 0 spiro atoms. The first-order valence-corrected chi connectivity index (χ1v) is 7.10. The number of hydrogen-bond donors (Lipinski definition) is 2. The first-order valence-electron chi connectivity index (χ1n) is 6.72. The van der Waals surface area contributed by atoms with Crippen molar-refractivity contribution >= 4 is 29.0 Å². The van der Waals surface area contributed by atoms with Crippen LogP contribution >= 0.6 is 11.6 Å². The van der Waals surface area contributed by atoms with Crippen LogP contribution in [0, 0.1) is 6.92 Å². The number of hydrogen-bond acceptors (Lipinski definition) is 5. The summed E-state index contributed by atoms with van der Waals surface area (Å²) in [6.45, 7) is 2.84. The van der Waals surface area contributed by atoms with Gasteiger partial charge in [-0.1, -0.05) is 17.7 Å². The molecule has 1 aromatic carbocycles. The Labute approximate surface area is 133 Å². The number of amides is 1. The number of nitrogens with one attached hydrogen (secondary N) is 2. The lowest BCUT2D eigenvalue weighted by molar-refractivity contribution is 0.0932. The molecule has 2 aromatic rings. The lowest BCUT2D eigenvalue weighted by atomic mass is 10.2. The number of ether oxygens (including phenoxy) is 1. The zero-order chi connectivity index (χ0) is 15.9. The third-order valence-electron chi connectivity index (χ3n) is 2.94. The van der Waals surface area contributed by atoms with Gasteiger partial charge in [0.05, 0.1) is 19.0 Å². The minimum absolute atomic E-state index is 0.254. The zero-order valence-corrected chi connectivity index (χ0v) is 13.1. The maximum atomic E-state index is 11.8. The number of aromatic nitrogens is 2. The Morgan fingerprint density at radius 3 is 2.82 bits per heavy atom. The Kier molecular flexibility index (Phi) is 5.68. The van der Waals surface area contributed by atoms with E-state index in [0.29, 0.717) is 24.0 Å². The van der Waals surface area contributed by atoms with Crippen molar-refractivity contribution in [3.63, 3.8) is 0 Å². The first kappa shape index (κ1) is 16.2. The number of carbonyl (C=O) groups is 1. The van der Waals surface area contributed by atoms with Gasteiger partial charge in [0.1, 0.15) is 11.5 Å². The summed E-state index contributed by atoms with van der Waals surface area (Å²) in [5.74, 6) is 0.258. The minimum atomic E-state index is -0.282. The molecule has 0 bridgehead atoms. The molecular formula is C15H17ClN4O2. The lowest BCUT2D eigenvalue weighted by Crippen LogP contribution is -2.27. The fraction of sp³-hybridized carbons (Fsp3) is 0.267. The molecule has 0 saturated heterocycles. The smallest absolute Gasteiger partial charge is 0.271 e. The normalized spacial score (nSPS) is 10.3. The average molecular weight is 321 g/mol. The number of methoxy groups -OCH3 is 1. The molecule has 2 N–H and O–H groups in total. The molecule has 0 fully saturated rings. The number of anilines is 2. The molecule has 22 heavy (non-hydrogen) atoms. The highest BCUT2D eigenvalue weighted by molar-refractivity contribution is 6.30. The van der Waals surface area contributed by atoms with Crippen LogP contribution in [0.25, 0.3) is 0 Å². The van der Waals surface area contributed by atoms with Crippen molar-refractivity contribution < 1.29 is 9.53 Å². The molecule has 0 unspecified atom stereocenters. The van der Waals surface area contributed by atoms with Crippen molar-refractivity contribution in [2.24, 2.45) is 0 Å². The molecular weight excluding hydrogens is 304 g/mol. The number of aryl methyl sites for hydroxylation is 1. The van der Waals surface area contributed by atoms with Crippen LogP contribution in [0.1, 0.15) is 16.1 Å². The van der Waals surface area contributed by atoms with E-state index < -0.39 is 0 Å². The van der Waals surface area contributed by atoms with Crippen LogP contribution < -0.4 is 10.6 Å². The second kappa shape index (κ2) is 7.72. The Hall–Kier alpha value is -2.18. The summed E-state index contributed by atoms with van der Waals surface area (Å²) in [5.41, 5.74) is 2.14. The Balaban J connectivity index is 2.02. The molecule has 0 aliphatic carbocycles. The van der Waals surface area contributed by atoms with Gasteiger partial charge in [-0.2, -0.15) is 0 Å². The zero-order valence-electron chi connectivity index (χ0n) is 12.4. The number of carbonyl (C=O) groups excluding carboxylic acids is 1. The summed E-state index contributed by atoms with van der Waals surface area (Å²) < 4.78 is 4.86. The Morgan fingerprint density at radius 2 is 2.14 bits per heavy atom. The molecule has 6 nitrogen and oxygen atoms in total. The van der Waals surface area contributed by atoms with Gasteiger partial charge in [-0.3, -0.25) is 4.79 Å². The van der Waals surface area contributed by atoms with Crippen LogP contribution in [0.3, 0.4) is 0 Å². The van der Waals surface area contributed by atoms with Crippen LogP contribution in [-0.2, 0) is 4.74 Å². The van der Waals surface area contributed by atoms with Crippen LogP contribution in [0.5, 0.6) is 0 Å². The first-order chi connectivity index (χ1) is 10.6. The second-order valence-corrected chi connectivity index (χ2v) is 5.06. The van der Waals surface area contributed by atoms with Crippen molar-refractivity contribution in [3.05, 3.63) is 46.9 Å². The fourth-order valence-electron chi connectivity index (χ4n) is 1.73. The Bertz CT molecular complexity index is 646. The molecule has 0 radical (unpaired) electrons. The standard InChI is InChI=1S/C15H17ClN4O2/c1-10-3-4-11(16)7-12(10)20-14-9-18-13(8-19-14)15(21)17-5-6-22-2/h3-4,7-9H,5-6H2,1-2H3,(H,17,21)(H,19,20). The van der Waals surface area contributed by atoms with Gasteiger partial charge in [0.15, 0.2) is 0 Å². The molecule has 116 valence electrons. The fourth-order valence-corrected chi connectivity index (χ4v) is 1.91. The average Bonchev–Trinajstić information content (AvgIpc) is 2.52. The maximum Gasteiger partial charge on any atom is 0.271 e. The SMILES string of the molecule is COCCNC(=O)c1cnc(Nc2cc(Cl)ccc2C)cn1. The van der Waals surface area contributed by atoms with E-state index >= 15 is 0 Å². The van der Waals surface area contributed by atoms with Crippen molar-refractivity contribution in [1.82, 2.24) is 15.3 Å². The molecule has 1 heterocycles. The van der Waals surface area contributed by atoms with Gasteiger partial charge in [-0.25, -0.2) is 9.97 Å². The van der Waals surface area contributed by atoms with E-state index in [1.165, 1.54) is 12.4 Å². The molecule has 0 saturated carbocycles. The van der Waals surface area contributed by atoms with Crippen molar-refractivity contribution in [3.8, 4) is 0 Å². The van der Waals surface area contributed by atoms with Crippen LogP contribution in [0.4, 0.5) is 11.5 Å². The van der Waals surface area contributed by atoms with Crippen molar-refractivity contribution in [2.45, 2.75) is 6.92 Å². The highest BCUT2D eigenvalue weighted by atomic mass is 35.5. The van der Waals surface area contributed by atoms with Crippen LogP contribution in [-0.4, -0.2) is 36.1 Å². The summed E-state index contributed by atoms with van der Waals surface area (Å²) in [6.07, 6.45) is 2.93. The quantitative estimate of drug-likeness (QED) is 0.800. The van der Waals surface area contributed by atoms with E-state index in [4.69, 9.17) is 16.3 Å². The molecule has 1 amide bonds. The molecule has 0 aliphatic heterocycles. The lowest BCUT2D eigenvalue weighted by Gasteiger charge is -2.09. The van der Waals surface area contributed by atoms with E-state index in [9.17, 15) is 4.79 Å². The van der Waals surface area contributed by atoms with Crippen LogP contribution in [0.2, 0.25) is 5.02 Å². The highest BCUT2D eigenvalue weighted by Gasteiger charge is 2.08. The maximum absolute atomic E-state index is 11.8. The molecule has 0 aliphatic rings. The predicted octanol–water partition coefficient (Wildman–Crippen LogP) is 2.56. The largest absolute Gasteiger partial charge is 0.383 e. The predicted molar refractivity (Wildman–Crippen MR) is 85.7 cm³/mol. The summed E-state index contributed by atoms with van der Waals surface area (Å²) in [6, 6.07) is 5.54. The van der Waals surface area contributed by atoms with Crippen molar-refractivity contribution in [1.29, 1.82) is 0 Å². The number of rotatable bonds is 6. The number of benzene rings is 1. The van der Waals surface area contributed by atoms with E-state index in [1.807, 2.05) is 25.1 Å². The minimum Gasteiger partial charge on any atom is -0.383 e. The van der Waals surface area contributed by atoms with Gasteiger partial charge in [0.25, 0.3) is 5.91 Å². The van der Waals surface area contributed by atoms with Gasteiger partial charge in [-0.05, 0) is 24.6 Å². The van der Waals surface area contributed by atoms with Gasteiger partial charge < -0.3 is 15.4 Å². The topological polar surface area (TPSA) is 76.1 Å². The summed E-state index contributed by atoms with van der Waals surface area (Å²) >= 11 is 5.97. The highest BCUT2D eigenvalue weighted by Crippen LogP contribution is 2.22. The van der Waals surface area contributed by atoms with E-state index in [-0.39, 0.29) is 11.6 Å². The monoisotopic (exact) mass is 320 g/mol. The molecule has 1 aromatic heterocycles. The number of nitrogens with zero attached hydrogens (tertiary/aromatic N) is 2. The number of halogens is 1. The van der Waals surface area contributed by atoms with E-state index in [0.717, 1.165) is 11.3 Å². The van der Waals surface area contributed by atoms with Gasteiger partial charge in [-0.15, -0.1) is 0 Å². The van der Waals surface area contributed by atoms with Crippen molar-refractivity contribution in [2.75, 3.05) is 25.6 Å². The summed E-state index contributed by atoms with van der Waals surface area (Å²) in [7, 11) is 1.57. The summed E-state index contributed by atoms with van der Waals surface area (Å²) in [4.78, 5) is 20.1. The molecule has 2 rings (SSSR count). The van der Waals surface area contributed by atoms with Crippen LogP contribution in [0.15, 0.2) is 30.6 Å². The van der Waals surface area contributed by atoms with E-state index in [1.54, 1.807) is 7.11 Å². The third kappa shape index (κ3) is 4.41. The van der Waals surface area contributed by atoms with Gasteiger partial charge in [0, 0.05) is 24.4 Å². The second-order valence-electron chi connectivity index (χ2n) is 4.62. The summed E-state index contributed by atoms with van der Waals surface area (Å²) in [5, 5.41) is 6.44. The molecule has 0 atom stereocenters. The Morgan fingerprint density at radius 1 is 1.32 bits per heavy atom. The van der Waals surface area contributed by atoms with Gasteiger partial charge in [0.2, 0.25) is 0 Å². The molecule has 7 heteroatoms.